The minimum atomic E-state index is -3.65. The van der Waals surface area contributed by atoms with E-state index in [1.54, 1.807) is 31.4 Å². The summed E-state index contributed by atoms with van der Waals surface area (Å²) >= 11 is 0. The summed E-state index contributed by atoms with van der Waals surface area (Å²) in [5.41, 5.74) is 1.46. The van der Waals surface area contributed by atoms with Gasteiger partial charge in [-0.1, -0.05) is 42.5 Å². The Morgan fingerprint density at radius 3 is 2.17 bits per heavy atom. The van der Waals surface area contributed by atoms with Crippen LogP contribution >= 0.6 is 0 Å². The number of rotatable bonds is 11. The second-order valence-electron chi connectivity index (χ2n) is 9.07. The van der Waals surface area contributed by atoms with Crippen molar-refractivity contribution >= 4 is 21.8 Å². The van der Waals surface area contributed by atoms with Crippen LogP contribution in [0.25, 0.3) is 0 Å². The molecule has 212 valence electrons. The minimum Gasteiger partial charge on any atom is -0.497 e. The smallest absolute Gasteiger partial charge is 0.261 e. The molecule has 0 radical (unpaired) electrons. The van der Waals surface area contributed by atoms with Crippen molar-refractivity contribution in [3.8, 4) is 11.5 Å². The Morgan fingerprint density at radius 1 is 0.950 bits per heavy atom. The van der Waals surface area contributed by atoms with Crippen LogP contribution in [-0.4, -0.2) is 76.5 Å². The van der Waals surface area contributed by atoms with Gasteiger partial charge in [-0.15, -0.1) is 0 Å². The fourth-order valence-electron chi connectivity index (χ4n) is 4.37. The van der Waals surface area contributed by atoms with Gasteiger partial charge in [0, 0.05) is 26.7 Å². The Labute approximate surface area is 234 Å². The summed E-state index contributed by atoms with van der Waals surface area (Å²) in [5.74, 6) is 0.244. The van der Waals surface area contributed by atoms with E-state index in [-0.39, 0.29) is 24.0 Å². The largest absolute Gasteiger partial charge is 0.497 e. The van der Waals surface area contributed by atoms with Gasteiger partial charge in [-0.05, 0) is 47.5 Å². The van der Waals surface area contributed by atoms with Crippen LogP contribution < -0.4 is 14.8 Å². The van der Waals surface area contributed by atoms with E-state index < -0.39 is 22.0 Å². The Balaban J connectivity index is 1.53. The summed E-state index contributed by atoms with van der Waals surface area (Å²) in [7, 11) is -0.550. The maximum atomic E-state index is 13.6. The van der Waals surface area contributed by atoms with Gasteiger partial charge in [0.1, 0.15) is 17.5 Å². The predicted octanol–water partition coefficient (Wildman–Crippen LogP) is 2.61. The Morgan fingerprint density at radius 2 is 1.57 bits per heavy atom. The summed E-state index contributed by atoms with van der Waals surface area (Å²) in [6.07, 6.45) is 0. The number of hydrogen-bond donors (Lipinski definition) is 1. The number of methoxy groups -OCH3 is 1. The van der Waals surface area contributed by atoms with Gasteiger partial charge in [0.25, 0.3) is 5.91 Å². The van der Waals surface area contributed by atoms with Crippen molar-refractivity contribution in [3.05, 3.63) is 90.0 Å². The third-order valence-corrected chi connectivity index (χ3v) is 8.46. The molecule has 1 fully saturated rings. The highest BCUT2D eigenvalue weighted by Gasteiger charge is 2.31. The van der Waals surface area contributed by atoms with Crippen molar-refractivity contribution in [2.75, 3.05) is 47.1 Å². The first-order valence-corrected chi connectivity index (χ1v) is 14.3. The number of sulfonamides is 1. The van der Waals surface area contributed by atoms with E-state index in [1.165, 1.54) is 40.5 Å². The average molecular weight is 568 g/mol. The number of benzene rings is 3. The Kier molecular flexibility index (Phi) is 9.75. The van der Waals surface area contributed by atoms with E-state index in [4.69, 9.17) is 14.2 Å². The highest BCUT2D eigenvalue weighted by Crippen LogP contribution is 2.26. The molecular formula is C29H33N3O7S. The van der Waals surface area contributed by atoms with Crippen LogP contribution in [0.1, 0.15) is 17.2 Å². The van der Waals surface area contributed by atoms with Crippen LogP contribution in [0.4, 0.5) is 0 Å². The maximum Gasteiger partial charge on any atom is 0.261 e. The van der Waals surface area contributed by atoms with Crippen LogP contribution in [0.2, 0.25) is 0 Å². The molecule has 10 nitrogen and oxygen atoms in total. The zero-order valence-electron chi connectivity index (χ0n) is 22.5. The predicted molar refractivity (Wildman–Crippen MR) is 148 cm³/mol. The molecule has 11 heteroatoms. The molecule has 0 bridgehead atoms. The molecule has 1 N–H and O–H groups in total. The van der Waals surface area contributed by atoms with Crippen molar-refractivity contribution in [2.45, 2.75) is 17.5 Å². The van der Waals surface area contributed by atoms with Gasteiger partial charge in [-0.25, -0.2) is 8.42 Å². The second kappa shape index (κ2) is 13.4. The molecule has 2 amide bonds. The Bertz CT molecular complexity index is 1380. The number of amides is 2. The number of carbonyl (C=O) groups is 2. The lowest BCUT2D eigenvalue weighted by Gasteiger charge is -2.31. The van der Waals surface area contributed by atoms with Gasteiger partial charge in [-0.2, -0.15) is 4.31 Å². The van der Waals surface area contributed by atoms with E-state index in [9.17, 15) is 18.0 Å². The molecule has 3 aromatic rings. The second-order valence-corrected chi connectivity index (χ2v) is 11.0. The number of nitrogens with one attached hydrogen (secondary N) is 1. The number of hydrogen-bond acceptors (Lipinski definition) is 7. The van der Waals surface area contributed by atoms with Gasteiger partial charge in [-0.3, -0.25) is 9.59 Å². The van der Waals surface area contributed by atoms with E-state index in [0.717, 1.165) is 5.56 Å². The number of likely N-dealkylation sites (N-methyl/N-ethyl adjacent to an activating group) is 1. The topological polar surface area (TPSA) is 114 Å². The zero-order chi connectivity index (χ0) is 28.5. The highest BCUT2D eigenvalue weighted by atomic mass is 32.2. The van der Waals surface area contributed by atoms with Crippen LogP contribution in [0.15, 0.2) is 83.8 Å². The number of morpholine rings is 1. The van der Waals surface area contributed by atoms with E-state index >= 15 is 0 Å². The molecule has 1 aliphatic rings. The quantitative estimate of drug-likeness (QED) is 0.379. The van der Waals surface area contributed by atoms with Crippen LogP contribution in [-0.2, 0) is 30.9 Å². The highest BCUT2D eigenvalue weighted by molar-refractivity contribution is 7.89. The van der Waals surface area contributed by atoms with Crippen molar-refractivity contribution in [3.63, 3.8) is 0 Å². The number of carbonyl (C=O) groups excluding carboxylic acids is 2. The molecule has 3 aromatic carbocycles. The number of ether oxygens (including phenoxy) is 3. The molecule has 40 heavy (non-hydrogen) atoms. The summed E-state index contributed by atoms with van der Waals surface area (Å²) in [6, 6.07) is 21.3. The van der Waals surface area contributed by atoms with Gasteiger partial charge in [0.15, 0.2) is 6.61 Å². The van der Waals surface area contributed by atoms with Gasteiger partial charge >= 0.3 is 0 Å². The molecule has 1 aliphatic heterocycles. The lowest BCUT2D eigenvalue weighted by atomic mass is 10.0. The summed E-state index contributed by atoms with van der Waals surface area (Å²) in [5, 5.41) is 2.66. The third kappa shape index (κ3) is 6.98. The zero-order valence-corrected chi connectivity index (χ0v) is 23.3. The lowest BCUT2D eigenvalue weighted by Crippen LogP contribution is -2.44. The normalized spacial score (nSPS) is 14.7. The molecule has 0 saturated carbocycles. The molecule has 1 saturated heterocycles. The van der Waals surface area contributed by atoms with Crippen LogP contribution in [0.5, 0.6) is 11.5 Å². The van der Waals surface area contributed by atoms with E-state index in [0.29, 0.717) is 43.4 Å². The van der Waals surface area contributed by atoms with Crippen LogP contribution in [0.3, 0.4) is 0 Å². The van der Waals surface area contributed by atoms with E-state index in [1.807, 2.05) is 30.3 Å². The standard InChI is InChI=1S/C29H33N3O7S/c1-30-29(34)28(23-6-4-3-5-7-23)32(20-22-8-10-24(37-2)11-9-22)27(33)21-39-25-12-14-26(15-13-25)40(35,36)31-16-18-38-19-17-31/h3-15,28H,16-21H2,1-2H3,(H,30,34). The molecular weight excluding hydrogens is 534 g/mol. The van der Waals surface area contributed by atoms with Gasteiger partial charge in [0.2, 0.25) is 15.9 Å². The summed E-state index contributed by atoms with van der Waals surface area (Å²) < 4.78 is 43.4. The van der Waals surface area contributed by atoms with Crippen molar-refractivity contribution in [1.82, 2.24) is 14.5 Å². The van der Waals surface area contributed by atoms with Crippen molar-refractivity contribution in [1.29, 1.82) is 0 Å². The van der Waals surface area contributed by atoms with Gasteiger partial charge < -0.3 is 24.4 Å². The molecule has 0 aromatic heterocycles. The molecule has 1 atom stereocenters. The fourth-order valence-corrected chi connectivity index (χ4v) is 5.78. The summed E-state index contributed by atoms with van der Waals surface area (Å²) in [4.78, 5) is 28.2. The minimum absolute atomic E-state index is 0.137. The van der Waals surface area contributed by atoms with Crippen molar-refractivity contribution < 1.29 is 32.2 Å². The average Bonchev–Trinajstić information content (AvgIpc) is 3.01. The van der Waals surface area contributed by atoms with Crippen molar-refractivity contribution in [2.24, 2.45) is 0 Å². The molecule has 0 aliphatic carbocycles. The molecule has 1 heterocycles. The van der Waals surface area contributed by atoms with Crippen LogP contribution in [0, 0.1) is 0 Å². The molecule has 0 spiro atoms. The first-order chi connectivity index (χ1) is 19.3. The lowest BCUT2D eigenvalue weighted by molar-refractivity contribution is -0.143. The third-order valence-electron chi connectivity index (χ3n) is 6.55. The SMILES string of the molecule is CNC(=O)C(c1ccccc1)N(Cc1ccc(OC)cc1)C(=O)COc1ccc(S(=O)(=O)N2CCOCC2)cc1. The Hall–Kier alpha value is -3.93. The number of nitrogens with zero attached hydrogens (tertiary/aromatic N) is 2. The monoisotopic (exact) mass is 567 g/mol. The van der Waals surface area contributed by atoms with Gasteiger partial charge in [0.05, 0.1) is 25.2 Å². The fraction of sp³-hybridized carbons (Fsp3) is 0.310. The summed E-state index contributed by atoms with van der Waals surface area (Å²) in [6.45, 7) is 1.10. The first-order valence-electron chi connectivity index (χ1n) is 12.8. The van der Waals surface area contributed by atoms with E-state index in [2.05, 4.69) is 5.32 Å². The first kappa shape index (κ1) is 29.1. The maximum absolute atomic E-state index is 13.6. The molecule has 4 rings (SSSR count). The molecule has 1 unspecified atom stereocenters.